The first-order valence-electron chi connectivity index (χ1n) is 4.29. The first-order valence-corrected chi connectivity index (χ1v) is 5.46. The van der Waals surface area contributed by atoms with E-state index < -0.39 is 18.3 Å². The highest BCUT2D eigenvalue weighted by Gasteiger charge is 2.61. The molecule has 1 heterocycles. The summed E-state index contributed by atoms with van der Waals surface area (Å²) in [5.74, 6) is 0. The minimum atomic E-state index is -4.29. The molecule has 0 aromatic carbocycles. The summed E-state index contributed by atoms with van der Waals surface area (Å²) in [5, 5.41) is -0.222. The molecule has 0 aromatic rings. The molecule has 1 rings (SSSR count). The zero-order valence-electron chi connectivity index (χ0n) is 8.35. The van der Waals surface area contributed by atoms with Gasteiger partial charge in [-0.25, -0.2) is 4.99 Å². The van der Waals surface area contributed by atoms with Crippen LogP contribution in [0.1, 0.15) is 6.92 Å². The number of nitrogens with zero attached hydrogens (tertiary/aromatic N) is 2. The van der Waals surface area contributed by atoms with Crippen LogP contribution in [0.2, 0.25) is 0 Å². The maximum absolute atomic E-state index is 12.4. The summed E-state index contributed by atoms with van der Waals surface area (Å²) in [6, 6.07) is -2.24. The number of halogens is 5. The lowest BCUT2D eigenvalue weighted by Gasteiger charge is -2.06. The molecule has 2 atom stereocenters. The molecule has 1 fully saturated rings. The Balaban J connectivity index is 2.76. The lowest BCUT2D eigenvalue weighted by molar-refractivity contribution is -0.134. The van der Waals surface area contributed by atoms with E-state index in [-0.39, 0.29) is 11.0 Å². The molecule has 16 heavy (non-hydrogen) atoms. The van der Waals surface area contributed by atoms with Crippen molar-refractivity contribution in [2.24, 2.45) is 4.99 Å². The second-order valence-electron chi connectivity index (χ2n) is 3.37. The van der Waals surface area contributed by atoms with Crippen LogP contribution in [-0.2, 0) is 0 Å². The molecule has 0 saturated carbocycles. The van der Waals surface area contributed by atoms with E-state index in [2.05, 4.69) is 34.1 Å². The SMILES string of the molecule is C=C(Br)C(=C)N=C(Cl)N1C(C)[C@H]1C(F)(F)F. The summed E-state index contributed by atoms with van der Waals surface area (Å²) in [6.07, 6.45) is -4.29. The Labute approximate surface area is 105 Å². The molecule has 0 aromatic heterocycles. The van der Waals surface area contributed by atoms with E-state index in [1.807, 2.05) is 0 Å². The van der Waals surface area contributed by atoms with Gasteiger partial charge in [-0.15, -0.1) is 0 Å². The van der Waals surface area contributed by atoms with Crippen molar-refractivity contribution in [2.75, 3.05) is 0 Å². The number of hydrogen-bond donors (Lipinski definition) is 0. The minimum absolute atomic E-state index is 0.199. The van der Waals surface area contributed by atoms with Crippen LogP contribution < -0.4 is 0 Å². The maximum Gasteiger partial charge on any atom is 0.410 e. The van der Waals surface area contributed by atoms with Crippen LogP contribution in [0.25, 0.3) is 0 Å². The number of amidine groups is 1. The van der Waals surface area contributed by atoms with Crippen LogP contribution in [0.4, 0.5) is 13.2 Å². The number of alkyl halides is 3. The number of hydrogen-bond acceptors (Lipinski definition) is 1. The van der Waals surface area contributed by atoms with Crippen molar-refractivity contribution >= 4 is 32.8 Å². The van der Waals surface area contributed by atoms with Gasteiger partial charge in [-0.05, 0) is 34.5 Å². The molecule has 0 bridgehead atoms. The van der Waals surface area contributed by atoms with Crippen molar-refractivity contribution in [2.45, 2.75) is 25.2 Å². The third kappa shape index (κ3) is 2.79. The van der Waals surface area contributed by atoms with E-state index in [0.29, 0.717) is 4.48 Å². The lowest BCUT2D eigenvalue weighted by atomic mass is 10.3. The van der Waals surface area contributed by atoms with Crippen LogP contribution >= 0.6 is 27.5 Å². The molecule has 0 N–H and O–H groups in total. The van der Waals surface area contributed by atoms with Gasteiger partial charge in [0.15, 0.2) is 5.29 Å². The van der Waals surface area contributed by atoms with Gasteiger partial charge >= 0.3 is 6.18 Å². The zero-order chi connectivity index (χ0) is 12.7. The third-order valence-corrected chi connectivity index (χ3v) is 2.93. The summed E-state index contributed by atoms with van der Waals surface area (Å²) in [6.45, 7) is 8.41. The first-order chi connectivity index (χ1) is 7.16. The molecule has 1 aliphatic rings. The number of allylic oxidation sites excluding steroid dienone is 1. The largest absolute Gasteiger partial charge is 0.410 e. The molecule has 2 nitrogen and oxygen atoms in total. The van der Waals surface area contributed by atoms with Crippen molar-refractivity contribution in [1.29, 1.82) is 0 Å². The normalized spacial score (nSPS) is 25.6. The van der Waals surface area contributed by atoms with Crippen LogP contribution in [0.3, 0.4) is 0 Å². The maximum atomic E-state index is 12.4. The van der Waals surface area contributed by atoms with E-state index in [0.717, 1.165) is 4.90 Å². The second kappa shape index (κ2) is 4.41. The lowest BCUT2D eigenvalue weighted by Crippen LogP contribution is -2.22. The Morgan fingerprint density at radius 1 is 1.44 bits per heavy atom. The van der Waals surface area contributed by atoms with Crippen LogP contribution in [0.5, 0.6) is 0 Å². The summed E-state index contributed by atoms with van der Waals surface area (Å²) < 4.78 is 37.6. The molecule has 0 aliphatic carbocycles. The number of aliphatic imine (C=N–C) groups is 1. The van der Waals surface area contributed by atoms with Gasteiger partial charge in [0.1, 0.15) is 6.04 Å². The average Bonchev–Trinajstić information content (AvgIpc) is 2.76. The monoisotopic (exact) mass is 316 g/mol. The highest BCUT2D eigenvalue weighted by atomic mass is 79.9. The molecule has 1 saturated heterocycles. The van der Waals surface area contributed by atoms with Crippen molar-refractivity contribution in [3.05, 3.63) is 23.3 Å². The van der Waals surface area contributed by atoms with Gasteiger partial charge in [-0.3, -0.25) is 0 Å². The molecule has 0 radical (unpaired) electrons. The Morgan fingerprint density at radius 3 is 2.25 bits per heavy atom. The molecule has 7 heteroatoms. The third-order valence-electron chi connectivity index (χ3n) is 2.19. The Morgan fingerprint density at radius 2 is 1.94 bits per heavy atom. The Hall–Kier alpha value is -0.490. The van der Waals surface area contributed by atoms with Gasteiger partial charge in [0.05, 0.1) is 11.7 Å². The molecule has 1 unspecified atom stereocenters. The fourth-order valence-corrected chi connectivity index (χ4v) is 1.74. The molecular formula is C9H9BrClF3N2. The minimum Gasteiger partial charge on any atom is -0.328 e. The van der Waals surface area contributed by atoms with Crippen molar-refractivity contribution < 1.29 is 13.2 Å². The van der Waals surface area contributed by atoms with Crippen LogP contribution in [-0.4, -0.2) is 28.5 Å². The average molecular weight is 318 g/mol. The summed E-state index contributed by atoms with van der Waals surface area (Å²) in [7, 11) is 0. The standard InChI is InChI=1S/C9H9BrClF3N2/c1-4(10)5(2)15-8(11)16-6(3)7(16)9(12,13)14/h6-7H,1-2H2,3H3/t6?,7-,16?/m0/s1. The number of rotatable bonds is 2. The fraction of sp³-hybridized carbons (Fsp3) is 0.444. The van der Waals surface area contributed by atoms with Gasteiger partial charge in [0.2, 0.25) is 0 Å². The van der Waals surface area contributed by atoms with E-state index in [9.17, 15) is 13.2 Å². The van der Waals surface area contributed by atoms with Crippen molar-refractivity contribution in [1.82, 2.24) is 4.90 Å². The summed E-state index contributed by atoms with van der Waals surface area (Å²) >= 11 is 8.67. The van der Waals surface area contributed by atoms with E-state index in [1.165, 1.54) is 6.92 Å². The van der Waals surface area contributed by atoms with Gasteiger partial charge in [-0.1, -0.05) is 13.2 Å². The Kier molecular flexibility index (Phi) is 3.74. The predicted octanol–water partition coefficient (Wildman–Crippen LogP) is 3.64. The first kappa shape index (κ1) is 13.6. The second-order valence-corrected chi connectivity index (χ2v) is 4.66. The predicted molar refractivity (Wildman–Crippen MR) is 61.6 cm³/mol. The van der Waals surface area contributed by atoms with E-state index >= 15 is 0 Å². The summed E-state index contributed by atoms with van der Waals surface area (Å²) in [4.78, 5) is 4.69. The Bertz CT molecular complexity index is 364. The fourth-order valence-electron chi connectivity index (χ4n) is 1.29. The van der Waals surface area contributed by atoms with Crippen LogP contribution in [0, 0.1) is 0 Å². The van der Waals surface area contributed by atoms with E-state index in [1.54, 1.807) is 0 Å². The van der Waals surface area contributed by atoms with Crippen molar-refractivity contribution in [3.63, 3.8) is 0 Å². The molecule has 0 spiro atoms. The molecule has 0 amide bonds. The highest BCUT2D eigenvalue weighted by Crippen LogP contribution is 2.42. The highest BCUT2D eigenvalue weighted by molar-refractivity contribution is 9.11. The van der Waals surface area contributed by atoms with Crippen LogP contribution in [0.15, 0.2) is 28.3 Å². The molecular weight excluding hydrogens is 308 g/mol. The van der Waals surface area contributed by atoms with Gasteiger partial charge < -0.3 is 4.90 Å². The smallest absolute Gasteiger partial charge is 0.328 e. The van der Waals surface area contributed by atoms with Gasteiger partial charge in [-0.2, -0.15) is 13.2 Å². The topological polar surface area (TPSA) is 15.4 Å². The van der Waals surface area contributed by atoms with Crippen molar-refractivity contribution in [3.8, 4) is 0 Å². The molecule has 1 aliphatic heterocycles. The quantitative estimate of drug-likeness (QED) is 0.250. The van der Waals surface area contributed by atoms with Gasteiger partial charge in [0.25, 0.3) is 0 Å². The summed E-state index contributed by atoms with van der Waals surface area (Å²) in [5.41, 5.74) is 0.199. The van der Waals surface area contributed by atoms with Gasteiger partial charge in [0, 0.05) is 4.48 Å². The zero-order valence-corrected chi connectivity index (χ0v) is 10.7. The van der Waals surface area contributed by atoms with E-state index in [4.69, 9.17) is 11.6 Å². The molecule has 90 valence electrons.